The van der Waals surface area contributed by atoms with Crippen molar-refractivity contribution in [3.05, 3.63) is 59.7 Å². The quantitative estimate of drug-likeness (QED) is 0.208. The zero-order valence-electron chi connectivity index (χ0n) is 27.2. The first-order chi connectivity index (χ1) is 22.9. The molecule has 0 spiro atoms. The lowest BCUT2D eigenvalue weighted by molar-refractivity contribution is -0.155. The summed E-state index contributed by atoms with van der Waals surface area (Å²) < 4.78 is 31.2. The van der Waals surface area contributed by atoms with E-state index in [0.29, 0.717) is 24.2 Å². The Balaban J connectivity index is 1.24. The highest BCUT2D eigenvalue weighted by atomic mass is 16.7. The fraction of sp³-hybridized carbons (Fsp3) is 0.471. The minimum Gasteiger partial charge on any atom is -0.455 e. The first kappa shape index (κ1) is 36.3. The Hall–Kier alpha value is -4.50. The van der Waals surface area contributed by atoms with Gasteiger partial charge in [-0.2, -0.15) is 0 Å². The van der Waals surface area contributed by atoms with E-state index in [1.54, 1.807) is 48.5 Å². The average molecular weight is 669 g/mol. The molecule has 2 N–H and O–H groups in total. The standard InChI is InChI=1S/C34H40N2O12/c1-19(2)13-35-31(39)27-29(47-17-45-27)33(41)43-15-25(37)23-9-5-21(6-10-23)22-7-11-24(12-8-22)26(38)16-44-34(42)30-28(46-18-48-30)32(40)36-14-20(3)4/h5-12,19-20,27-30H,13-18H2,1-4H3,(H,35,39)(H,36,40). The van der Waals surface area contributed by atoms with Gasteiger partial charge in [0.2, 0.25) is 0 Å². The van der Waals surface area contributed by atoms with Crippen LogP contribution in [0.3, 0.4) is 0 Å². The van der Waals surface area contributed by atoms with Crippen molar-refractivity contribution >= 4 is 35.3 Å². The second-order valence-electron chi connectivity index (χ2n) is 12.1. The molecule has 0 saturated carbocycles. The molecule has 2 aliphatic heterocycles. The molecule has 2 heterocycles. The number of hydrogen-bond donors (Lipinski definition) is 2. The van der Waals surface area contributed by atoms with E-state index in [9.17, 15) is 28.8 Å². The third-order valence-electron chi connectivity index (χ3n) is 7.33. The third kappa shape index (κ3) is 9.76. The summed E-state index contributed by atoms with van der Waals surface area (Å²) in [5.74, 6) is -3.23. The maximum Gasteiger partial charge on any atom is 0.339 e. The van der Waals surface area contributed by atoms with Crippen LogP contribution in [-0.4, -0.2) is 99.6 Å². The van der Waals surface area contributed by atoms with Crippen LogP contribution in [-0.2, 0) is 47.6 Å². The molecule has 0 bridgehead atoms. The van der Waals surface area contributed by atoms with Crippen LogP contribution in [0.15, 0.2) is 48.5 Å². The Morgan fingerprint density at radius 1 is 0.583 bits per heavy atom. The largest absolute Gasteiger partial charge is 0.455 e. The SMILES string of the molecule is CC(C)CNC(=O)C1OCOC1C(=O)OCC(=O)c1ccc(-c2ccc(C(=O)COC(=O)C3OCOC3C(=O)NCC(C)C)cc2)cc1. The van der Waals surface area contributed by atoms with Gasteiger partial charge >= 0.3 is 11.9 Å². The van der Waals surface area contributed by atoms with Gasteiger partial charge in [0.25, 0.3) is 11.8 Å². The second-order valence-corrected chi connectivity index (χ2v) is 12.1. The van der Waals surface area contributed by atoms with Crippen LogP contribution >= 0.6 is 0 Å². The molecule has 2 saturated heterocycles. The van der Waals surface area contributed by atoms with E-state index in [0.717, 1.165) is 11.1 Å². The Kier molecular flexibility index (Phi) is 12.9. The van der Waals surface area contributed by atoms with E-state index < -0.39 is 72.9 Å². The lowest BCUT2D eigenvalue weighted by atomic mass is 10.0. The number of benzene rings is 2. The Morgan fingerprint density at radius 2 is 0.917 bits per heavy atom. The number of ketones is 2. The number of nitrogens with one attached hydrogen (secondary N) is 2. The minimum atomic E-state index is -1.27. The molecule has 258 valence electrons. The molecule has 4 unspecified atom stereocenters. The van der Waals surface area contributed by atoms with Crippen molar-refractivity contribution in [2.24, 2.45) is 11.8 Å². The van der Waals surface area contributed by atoms with Crippen LogP contribution < -0.4 is 10.6 Å². The molecule has 2 amide bonds. The molecular weight excluding hydrogens is 628 g/mol. The normalized spacial score (nSPS) is 20.4. The highest BCUT2D eigenvalue weighted by Gasteiger charge is 2.43. The molecule has 14 heteroatoms. The second kappa shape index (κ2) is 17.1. The van der Waals surface area contributed by atoms with Gasteiger partial charge in [-0.05, 0) is 23.0 Å². The number of ether oxygens (including phenoxy) is 6. The molecule has 0 aliphatic carbocycles. The van der Waals surface area contributed by atoms with Gasteiger partial charge in [0.05, 0.1) is 0 Å². The van der Waals surface area contributed by atoms with Crippen LogP contribution in [0.1, 0.15) is 48.4 Å². The molecule has 2 aromatic carbocycles. The molecule has 48 heavy (non-hydrogen) atoms. The predicted molar refractivity (Wildman–Crippen MR) is 167 cm³/mol. The molecule has 4 atom stereocenters. The van der Waals surface area contributed by atoms with E-state index in [2.05, 4.69) is 10.6 Å². The summed E-state index contributed by atoms with van der Waals surface area (Å²) in [7, 11) is 0. The van der Waals surface area contributed by atoms with Crippen molar-refractivity contribution in [1.82, 2.24) is 10.6 Å². The summed E-state index contributed by atoms with van der Waals surface area (Å²) in [5, 5.41) is 5.37. The zero-order chi connectivity index (χ0) is 34.8. The van der Waals surface area contributed by atoms with Gasteiger partial charge in [-0.15, -0.1) is 0 Å². The number of carbonyl (C=O) groups is 6. The van der Waals surface area contributed by atoms with E-state index in [4.69, 9.17) is 28.4 Å². The molecule has 2 fully saturated rings. The van der Waals surface area contributed by atoms with Gasteiger partial charge in [0.15, 0.2) is 49.2 Å². The van der Waals surface area contributed by atoms with Crippen molar-refractivity contribution in [2.75, 3.05) is 39.9 Å². The molecule has 0 aromatic heterocycles. The van der Waals surface area contributed by atoms with E-state index in [1.165, 1.54) is 0 Å². The van der Waals surface area contributed by atoms with Gasteiger partial charge in [0.1, 0.15) is 13.6 Å². The van der Waals surface area contributed by atoms with Crippen LogP contribution in [0.4, 0.5) is 0 Å². The Labute approximate surface area is 277 Å². The van der Waals surface area contributed by atoms with Gasteiger partial charge in [-0.25, -0.2) is 9.59 Å². The average Bonchev–Trinajstić information content (AvgIpc) is 3.78. The fourth-order valence-corrected chi connectivity index (χ4v) is 4.64. The third-order valence-corrected chi connectivity index (χ3v) is 7.33. The summed E-state index contributed by atoms with van der Waals surface area (Å²) in [5.41, 5.74) is 2.10. The summed E-state index contributed by atoms with van der Waals surface area (Å²) in [4.78, 5) is 75.1. The number of carbonyl (C=O) groups excluding carboxylic acids is 6. The van der Waals surface area contributed by atoms with Crippen molar-refractivity contribution in [1.29, 1.82) is 0 Å². The maximum atomic E-state index is 12.7. The smallest absolute Gasteiger partial charge is 0.339 e. The van der Waals surface area contributed by atoms with Crippen molar-refractivity contribution in [3.63, 3.8) is 0 Å². The summed E-state index contributed by atoms with van der Waals surface area (Å²) in [6.45, 7) is 6.93. The summed E-state index contributed by atoms with van der Waals surface area (Å²) in [6, 6.07) is 13.1. The molecule has 4 rings (SSSR count). The maximum absolute atomic E-state index is 12.7. The van der Waals surface area contributed by atoms with Gasteiger partial charge < -0.3 is 39.1 Å². The molecule has 2 aromatic rings. The monoisotopic (exact) mass is 668 g/mol. The Morgan fingerprint density at radius 3 is 1.25 bits per heavy atom. The topological polar surface area (TPSA) is 182 Å². The minimum absolute atomic E-state index is 0.206. The number of hydrogen-bond acceptors (Lipinski definition) is 12. The molecule has 2 aliphatic rings. The van der Waals surface area contributed by atoms with Gasteiger partial charge in [-0.3, -0.25) is 19.2 Å². The van der Waals surface area contributed by atoms with Crippen molar-refractivity contribution in [3.8, 4) is 11.1 Å². The van der Waals surface area contributed by atoms with Gasteiger partial charge in [0, 0.05) is 24.2 Å². The number of amides is 2. The van der Waals surface area contributed by atoms with Crippen LogP contribution in [0.25, 0.3) is 11.1 Å². The molecular formula is C34H40N2O12. The van der Waals surface area contributed by atoms with E-state index >= 15 is 0 Å². The first-order valence-electron chi connectivity index (χ1n) is 15.6. The molecule has 0 radical (unpaired) electrons. The van der Waals surface area contributed by atoms with E-state index in [-0.39, 0.29) is 25.4 Å². The van der Waals surface area contributed by atoms with Crippen LogP contribution in [0.2, 0.25) is 0 Å². The highest BCUT2D eigenvalue weighted by Crippen LogP contribution is 2.22. The number of rotatable bonds is 15. The van der Waals surface area contributed by atoms with Crippen LogP contribution in [0, 0.1) is 11.8 Å². The predicted octanol–water partition coefficient (Wildman–Crippen LogP) is 1.83. The van der Waals surface area contributed by atoms with Gasteiger partial charge in [-0.1, -0.05) is 76.2 Å². The lowest BCUT2D eigenvalue weighted by Crippen LogP contribution is -2.45. The zero-order valence-corrected chi connectivity index (χ0v) is 27.2. The van der Waals surface area contributed by atoms with Crippen molar-refractivity contribution in [2.45, 2.75) is 52.1 Å². The number of Topliss-reactive ketones (excluding diaryl/α,β-unsaturated/α-hetero) is 2. The first-order valence-corrected chi connectivity index (χ1v) is 15.6. The fourth-order valence-electron chi connectivity index (χ4n) is 4.64. The molecule has 14 nitrogen and oxygen atoms in total. The summed E-state index contributed by atoms with van der Waals surface area (Å²) in [6.07, 6.45) is -4.87. The summed E-state index contributed by atoms with van der Waals surface area (Å²) >= 11 is 0. The van der Waals surface area contributed by atoms with Crippen molar-refractivity contribution < 1.29 is 57.2 Å². The van der Waals surface area contributed by atoms with Crippen LogP contribution in [0.5, 0.6) is 0 Å². The Bertz CT molecular complexity index is 1360. The number of esters is 2. The van der Waals surface area contributed by atoms with E-state index in [1.807, 2.05) is 27.7 Å². The lowest BCUT2D eigenvalue weighted by Gasteiger charge is -2.16. The highest BCUT2D eigenvalue weighted by molar-refractivity contribution is 6.00.